The molecule has 1 heterocycles. The van der Waals surface area contributed by atoms with Gasteiger partial charge in [-0.1, -0.05) is 24.3 Å². The smallest absolute Gasteiger partial charge is 0.326 e. The number of fused-ring (bicyclic) bond motifs is 1. The number of esters is 1. The van der Waals surface area contributed by atoms with Gasteiger partial charge in [0, 0.05) is 0 Å². The van der Waals surface area contributed by atoms with Crippen LogP contribution in [0.3, 0.4) is 0 Å². The fourth-order valence-electron chi connectivity index (χ4n) is 2.39. The van der Waals surface area contributed by atoms with Crippen molar-refractivity contribution in [2.75, 3.05) is 0 Å². The Morgan fingerprint density at radius 3 is 2.67 bits per heavy atom. The lowest BCUT2D eigenvalue weighted by Gasteiger charge is -2.14. The highest BCUT2D eigenvalue weighted by Gasteiger charge is 2.14. The Morgan fingerprint density at radius 1 is 1.21 bits per heavy atom. The highest BCUT2D eigenvalue weighted by atomic mass is 19.1. The molecule has 0 fully saturated rings. The van der Waals surface area contributed by atoms with Gasteiger partial charge in [-0.05, 0) is 36.8 Å². The summed E-state index contributed by atoms with van der Waals surface area (Å²) < 4.78 is 19.4. The summed E-state index contributed by atoms with van der Waals surface area (Å²) >= 11 is 0. The van der Waals surface area contributed by atoms with Gasteiger partial charge < -0.3 is 4.74 Å². The first-order valence-corrected chi connectivity index (χ1v) is 7.44. The second-order valence-corrected chi connectivity index (χ2v) is 5.38. The summed E-state index contributed by atoms with van der Waals surface area (Å²) in [7, 11) is 0. The molecule has 0 aliphatic heterocycles. The molecule has 3 rings (SSSR count). The van der Waals surface area contributed by atoms with Gasteiger partial charge in [-0.2, -0.15) is 0 Å². The van der Waals surface area contributed by atoms with Crippen molar-refractivity contribution in [1.82, 2.24) is 9.55 Å². The molecular weight excluding hydrogens is 311 g/mol. The standard InChI is InChI=1S/C18H15FN2O3/c1-12(13-6-8-14(19)9-7-13)24-17(22)10-21-11-20-16-5-3-2-4-15(16)18(21)23/h2-9,11-12H,10H2,1H3. The van der Waals surface area contributed by atoms with Crippen LogP contribution in [0.4, 0.5) is 4.39 Å². The van der Waals surface area contributed by atoms with Gasteiger partial charge in [0.2, 0.25) is 0 Å². The normalized spacial score (nSPS) is 12.1. The van der Waals surface area contributed by atoms with E-state index < -0.39 is 12.1 Å². The van der Waals surface area contributed by atoms with Gasteiger partial charge in [-0.15, -0.1) is 0 Å². The number of aromatic nitrogens is 2. The number of hydrogen-bond acceptors (Lipinski definition) is 4. The van der Waals surface area contributed by atoms with Crippen molar-refractivity contribution in [1.29, 1.82) is 0 Å². The van der Waals surface area contributed by atoms with Crippen molar-refractivity contribution in [2.24, 2.45) is 0 Å². The van der Waals surface area contributed by atoms with Gasteiger partial charge >= 0.3 is 5.97 Å². The van der Waals surface area contributed by atoms with Crippen molar-refractivity contribution >= 4 is 16.9 Å². The first-order valence-electron chi connectivity index (χ1n) is 7.44. The van der Waals surface area contributed by atoms with Crippen LogP contribution in [0.2, 0.25) is 0 Å². The second-order valence-electron chi connectivity index (χ2n) is 5.38. The zero-order valence-corrected chi connectivity index (χ0v) is 13.0. The third kappa shape index (κ3) is 3.32. The number of hydrogen-bond donors (Lipinski definition) is 0. The molecule has 0 amide bonds. The number of carbonyl (C=O) groups is 1. The summed E-state index contributed by atoms with van der Waals surface area (Å²) in [5.74, 6) is -0.919. The van der Waals surface area contributed by atoms with Gasteiger partial charge in [0.25, 0.3) is 5.56 Å². The maximum absolute atomic E-state index is 12.9. The largest absolute Gasteiger partial charge is 0.456 e. The minimum absolute atomic E-state index is 0.234. The molecule has 1 unspecified atom stereocenters. The van der Waals surface area contributed by atoms with E-state index in [0.717, 1.165) is 0 Å². The van der Waals surface area contributed by atoms with E-state index >= 15 is 0 Å². The van der Waals surface area contributed by atoms with Gasteiger partial charge in [-0.3, -0.25) is 14.2 Å². The molecule has 24 heavy (non-hydrogen) atoms. The van der Waals surface area contributed by atoms with E-state index in [2.05, 4.69) is 4.98 Å². The molecule has 6 heteroatoms. The van der Waals surface area contributed by atoms with E-state index in [4.69, 9.17) is 4.74 Å². The first-order chi connectivity index (χ1) is 11.5. The Bertz CT molecular complexity index is 935. The van der Waals surface area contributed by atoms with Crippen LogP contribution < -0.4 is 5.56 Å². The number of benzene rings is 2. The molecule has 3 aromatic rings. The van der Waals surface area contributed by atoms with Crippen molar-refractivity contribution < 1.29 is 13.9 Å². The number of ether oxygens (including phenoxy) is 1. The molecule has 5 nitrogen and oxygen atoms in total. The average molecular weight is 326 g/mol. The summed E-state index contributed by atoms with van der Waals surface area (Å²) in [4.78, 5) is 28.6. The molecule has 0 N–H and O–H groups in total. The van der Waals surface area contributed by atoms with Crippen LogP contribution in [0.25, 0.3) is 10.9 Å². The van der Waals surface area contributed by atoms with Crippen LogP contribution >= 0.6 is 0 Å². The Balaban J connectivity index is 1.74. The minimum atomic E-state index is -0.564. The van der Waals surface area contributed by atoms with E-state index in [1.807, 2.05) is 0 Å². The fourth-order valence-corrected chi connectivity index (χ4v) is 2.39. The van der Waals surface area contributed by atoms with Crippen molar-refractivity contribution in [3.8, 4) is 0 Å². The number of carbonyl (C=O) groups excluding carboxylic acids is 1. The quantitative estimate of drug-likeness (QED) is 0.692. The summed E-state index contributed by atoms with van der Waals surface area (Å²) in [6.07, 6.45) is 0.788. The number of rotatable bonds is 4. The van der Waals surface area contributed by atoms with E-state index in [1.165, 1.54) is 23.0 Å². The lowest BCUT2D eigenvalue weighted by molar-refractivity contribution is -0.149. The number of halogens is 1. The molecule has 0 bridgehead atoms. The zero-order chi connectivity index (χ0) is 17.1. The van der Waals surface area contributed by atoms with E-state index in [-0.39, 0.29) is 17.9 Å². The van der Waals surface area contributed by atoms with Crippen LogP contribution in [0.15, 0.2) is 59.7 Å². The maximum Gasteiger partial charge on any atom is 0.326 e. The molecule has 1 atom stereocenters. The molecule has 0 aliphatic carbocycles. The first kappa shape index (κ1) is 15.9. The van der Waals surface area contributed by atoms with E-state index in [0.29, 0.717) is 16.5 Å². The van der Waals surface area contributed by atoms with E-state index in [1.54, 1.807) is 43.3 Å². The molecule has 0 saturated heterocycles. The van der Waals surface area contributed by atoms with Gasteiger partial charge in [0.05, 0.1) is 17.2 Å². The highest BCUT2D eigenvalue weighted by molar-refractivity contribution is 5.77. The van der Waals surface area contributed by atoms with Crippen LogP contribution in [0.5, 0.6) is 0 Å². The number of para-hydroxylation sites is 1. The molecule has 0 aliphatic rings. The van der Waals surface area contributed by atoms with Crippen molar-refractivity contribution in [2.45, 2.75) is 19.6 Å². The summed E-state index contributed by atoms with van der Waals surface area (Å²) in [6, 6.07) is 12.6. The predicted molar refractivity (Wildman–Crippen MR) is 86.9 cm³/mol. The van der Waals surface area contributed by atoms with Gasteiger partial charge in [-0.25, -0.2) is 9.37 Å². The SMILES string of the molecule is CC(OC(=O)Cn1cnc2ccccc2c1=O)c1ccc(F)cc1. The third-order valence-electron chi connectivity index (χ3n) is 3.68. The van der Waals surface area contributed by atoms with Crippen LogP contribution in [-0.2, 0) is 16.1 Å². The molecular formula is C18H15FN2O3. The molecule has 1 aromatic heterocycles. The molecule has 0 spiro atoms. The van der Waals surface area contributed by atoms with Crippen LogP contribution in [0.1, 0.15) is 18.6 Å². The van der Waals surface area contributed by atoms with Crippen molar-refractivity contribution in [3.05, 3.63) is 76.6 Å². The highest BCUT2D eigenvalue weighted by Crippen LogP contribution is 2.17. The third-order valence-corrected chi connectivity index (χ3v) is 3.68. The predicted octanol–water partition coefficient (Wildman–Crippen LogP) is 2.84. The fraction of sp³-hybridized carbons (Fsp3) is 0.167. The second kappa shape index (κ2) is 6.62. The van der Waals surface area contributed by atoms with Crippen LogP contribution in [-0.4, -0.2) is 15.5 Å². The topological polar surface area (TPSA) is 61.2 Å². The summed E-state index contributed by atoms with van der Waals surface area (Å²) in [5, 5.41) is 0.444. The summed E-state index contributed by atoms with van der Waals surface area (Å²) in [5.41, 5.74) is 0.951. The van der Waals surface area contributed by atoms with Crippen LogP contribution in [0, 0.1) is 5.82 Å². The Kier molecular flexibility index (Phi) is 4.37. The monoisotopic (exact) mass is 326 g/mol. The van der Waals surface area contributed by atoms with E-state index in [9.17, 15) is 14.0 Å². The van der Waals surface area contributed by atoms with Gasteiger partial charge in [0.15, 0.2) is 0 Å². The molecule has 0 saturated carbocycles. The van der Waals surface area contributed by atoms with Crippen molar-refractivity contribution in [3.63, 3.8) is 0 Å². The average Bonchev–Trinajstić information content (AvgIpc) is 2.58. The lowest BCUT2D eigenvalue weighted by atomic mass is 10.1. The number of nitrogens with zero attached hydrogens (tertiary/aromatic N) is 2. The molecule has 0 radical (unpaired) electrons. The lowest BCUT2D eigenvalue weighted by Crippen LogP contribution is -2.26. The zero-order valence-electron chi connectivity index (χ0n) is 13.0. The Labute approximate surface area is 137 Å². The Morgan fingerprint density at radius 2 is 1.92 bits per heavy atom. The summed E-state index contributed by atoms with van der Waals surface area (Å²) in [6.45, 7) is 1.45. The Hall–Kier alpha value is -3.02. The molecule has 2 aromatic carbocycles. The molecule has 122 valence electrons. The minimum Gasteiger partial charge on any atom is -0.456 e. The van der Waals surface area contributed by atoms with Gasteiger partial charge in [0.1, 0.15) is 18.5 Å². The maximum atomic E-state index is 12.9.